The summed E-state index contributed by atoms with van der Waals surface area (Å²) in [6.45, 7) is 1.98. The predicted molar refractivity (Wildman–Crippen MR) is 86.8 cm³/mol. The molecule has 6 heteroatoms. The smallest absolute Gasteiger partial charge is 0.321 e. The van der Waals surface area contributed by atoms with Gasteiger partial charge in [-0.3, -0.25) is 10.1 Å². The molecule has 2 rings (SSSR count). The Kier molecular flexibility index (Phi) is 6.21. The number of hydrogen-bond acceptors (Lipinski definition) is 3. The highest BCUT2D eigenvalue weighted by Crippen LogP contribution is 2.21. The molecule has 5 nitrogen and oxygen atoms in total. The minimum absolute atomic E-state index is 0.0600. The number of hydrogen-bond donors (Lipinski definition) is 3. The monoisotopic (exact) mass is 323 g/mol. The van der Waals surface area contributed by atoms with E-state index in [-0.39, 0.29) is 24.5 Å². The molecule has 0 aliphatic heterocycles. The lowest BCUT2D eigenvalue weighted by molar-refractivity contribution is -0.119. The lowest BCUT2D eigenvalue weighted by Crippen LogP contribution is -2.46. The molecule has 1 fully saturated rings. The van der Waals surface area contributed by atoms with Crippen LogP contribution in [0.1, 0.15) is 44.2 Å². The van der Waals surface area contributed by atoms with Crippen LogP contribution in [0.4, 0.5) is 4.79 Å². The van der Waals surface area contributed by atoms with Crippen molar-refractivity contribution in [3.63, 3.8) is 0 Å². The molecule has 0 saturated heterocycles. The molecule has 3 amide bonds. The topological polar surface area (TPSA) is 70.2 Å². The van der Waals surface area contributed by atoms with Crippen molar-refractivity contribution >= 4 is 23.5 Å². The molecule has 0 spiro atoms. The molecule has 0 radical (unpaired) electrons. The number of imide groups is 1. The Morgan fingerprint density at radius 1 is 1.27 bits per heavy atom. The van der Waals surface area contributed by atoms with Gasteiger partial charge < -0.3 is 10.6 Å². The van der Waals surface area contributed by atoms with Crippen molar-refractivity contribution in [2.24, 2.45) is 0 Å². The molecular formula is C16H22ClN3O2. The van der Waals surface area contributed by atoms with Crippen LogP contribution < -0.4 is 16.0 Å². The third-order valence-electron chi connectivity index (χ3n) is 3.88. The second-order valence-corrected chi connectivity index (χ2v) is 6.03. The normalized spacial score (nSPS) is 16.3. The van der Waals surface area contributed by atoms with E-state index in [1.165, 1.54) is 0 Å². The Hall–Kier alpha value is -1.59. The molecule has 0 bridgehead atoms. The summed E-state index contributed by atoms with van der Waals surface area (Å²) in [4.78, 5) is 23.5. The summed E-state index contributed by atoms with van der Waals surface area (Å²) >= 11 is 6.11. The molecule has 22 heavy (non-hydrogen) atoms. The van der Waals surface area contributed by atoms with E-state index in [1.807, 2.05) is 31.2 Å². The van der Waals surface area contributed by atoms with Crippen molar-refractivity contribution in [1.29, 1.82) is 0 Å². The minimum atomic E-state index is -0.413. The van der Waals surface area contributed by atoms with Gasteiger partial charge in [0.05, 0.1) is 6.54 Å². The average Bonchev–Trinajstić information content (AvgIpc) is 2.98. The summed E-state index contributed by atoms with van der Waals surface area (Å²) in [5.74, 6) is -0.352. The second-order valence-electron chi connectivity index (χ2n) is 5.63. The fourth-order valence-electron chi connectivity index (χ4n) is 2.64. The molecule has 1 aromatic carbocycles. The summed E-state index contributed by atoms with van der Waals surface area (Å²) in [5.41, 5.74) is 0.923. The van der Waals surface area contributed by atoms with Gasteiger partial charge in [0.25, 0.3) is 0 Å². The first kappa shape index (κ1) is 16.8. The number of amides is 3. The molecule has 0 aromatic heterocycles. The van der Waals surface area contributed by atoms with Crippen LogP contribution in [-0.4, -0.2) is 24.5 Å². The van der Waals surface area contributed by atoms with Gasteiger partial charge in [-0.15, -0.1) is 0 Å². The van der Waals surface area contributed by atoms with Crippen molar-refractivity contribution in [3.8, 4) is 0 Å². The number of urea groups is 1. The molecular weight excluding hydrogens is 302 g/mol. The Bertz CT molecular complexity index is 530. The average molecular weight is 324 g/mol. The number of carbonyl (C=O) groups excluding carboxylic acids is 2. The molecule has 1 aliphatic rings. The van der Waals surface area contributed by atoms with E-state index in [4.69, 9.17) is 11.6 Å². The van der Waals surface area contributed by atoms with Crippen molar-refractivity contribution in [2.45, 2.75) is 44.7 Å². The van der Waals surface area contributed by atoms with Gasteiger partial charge in [-0.1, -0.05) is 42.6 Å². The first-order valence-electron chi connectivity index (χ1n) is 7.64. The molecule has 0 heterocycles. The van der Waals surface area contributed by atoms with Crippen LogP contribution in [0.2, 0.25) is 5.02 Å². The zero-order valence-electron chi connectivity index (χ0n) is 12.7. The van der Waals surface area contributed by atoms with Crippen molar-refractivity contribution in [1.82, 2.24) is 16.0 Å². The Morgan fingerprint density at radius 2 is 1.95 bits per heavy atom. The van der Waals surface area contributed by atoms with Gasteiger partial charge >= 0.3 is 6.03 Å². The van der Waals surface area contributed by atoms with Gasteiger partial charge in [-0.2, -0.15) is 0 Å². The van der Waals surface area contributed by atoms with Gasteiger partial charge in [0.2, 0.25) is 5.91 Å². The van der Waals surface area contributed by atoms with Gasteiger partial charge in [-0.05, 0) is 31.4 Å². The third-order valence-corrected chi connectivity index (χ3v) is 4.23. The summed E-state index contributed by atoms with van der Waals surface area (Å²) in [6.07, 6.45) is 4.25. The van der Waals surface area contributed by atoms with Gasteiger partial charge in [-0.25, -0.2) is 4.79 Å². The van der Waals surface area contributed by atoms with Crippen LogP contribution in [0.15, 0.2) is 24.3 Å². The second kappa shape index (κ2) is 8.15. The van der Waals surface area contributed by atoms with E-state index in [2.05, 4.69) is 16.0 Å². The highest BCUT2D eigenvalue weighted by molar-refractivity contribution is 6.31. The molecule has 3 N–H and O–H groups in total. The molecule has 1 saturated carbocycles. The summed E-state index contributed by atoms with van der Waals surface area (Å²) in [6, 6.07) is 7.19. The van der Waals surface area contributed by atoms with Crippen LogP contribution in [0.3, 0.4) is 0 Å². The third kappa shape index (κ3) is 5.00. The fraction of sp³-hybridized carbons (Fsp3) is 0.500. The van der Waals surface area contributed by atoms with Gasteiger partial charge in [0, 0.05) is 17.1 Å². The number of rotatable bonds is 5. The van der Waals surface area contributed by atoms with E-state index in [0.29, 0.717) is 5.02 Å². The van der Waals surface area contributed by atoms with Crippen LogP contribution in [-0.2, 0) is 4.79 Å². The molecule has 1 atom stereocenters. The Morgan fingerprint density at radius 3 is 2.64 bits per heavy atom. The quantitative estimate of drug-likeness (QED) is 0.780. The van der Waals surface area contributed by atoms with E-state index >= 15 is 0 Å². The number of halogens is 1. The van der Waals surface area contributed by atoms with Crippen molar-refractivity contribution < 1.29 is 9.59 Å². The standard InChI is InChI=1S/C16H22ClN3O2/c1-11(13-8-4-5-9-14(13)17)18-10-15(21)20-16(22)19-12-6-2-3-7-12/h4-5,8-9,11-12,18H,2-3,6-7,10H2,1H3,(H2,19,20,21,22)/t11-/m1/s1. The highest BCUT2D eigenvalue weighted by atomic mass is 35.5. The molecule has 0 unspecified atom stereocenters. The molecule has 1 aliphatic carbocycles. The zero-order chi connectivity index (χ0) is 15.9. The lowest BCUT2D eigenvalue weighted by atomic mass is 10.1. The largest absolute Gasteiger partial charge is 0.335 e. The van der Waals surface area contributed by atoms with Crippen LogP contribution in [0.25, 0.3) is 0 Å². The van der Waals surface area contributed by atoms with Crippen LogP contribution >= 0.6 is 11.6 Å². The first-order chi connectivity index (χ1) is 10.6. The summed E-state index contributed by atoms with van der Waals surface area (Å²) in [7, 11) is 0. The van der Waals surface area contributed by atoms with Crippen molar-refractivity contribution in [2.75, 3.05) is 6.54 Å². The molecule has 120 valence electrons. The lowest BCUT2D eigenvalue weighted by Gasteiger charge is -2.16. The summed E-state index contributed by atoms with van der Waals surface area (Å²) in [5, 5.41) is 8.88. The van der Waals surface area contributed by atoms with E-state index in [0.717, 1.165) is 31.2 Å². The maximum atomic E-state index is 11.8. The van der Waals surface area contributed by atoms with Crippen molar-refractivity contribution in [3.05, 3.63) is 34.9 Å². The SMILES string of the molecule is C[C@@H](NCC(=O)NC(=O)NC1CCCC1)c1ccccc1Cl. The predicted octanol–water partition coefficient (Wildman–Crippen LogP) is 2.76. The highest BCUT2D eigenvalue weighted by Gasteiger charge is 2.18. The summed E-state index contributed by atoms with van der Waals surface area (Å²) < 4.78 is 0. The maximum absolute atomic E-state index is 11.8. The number of nitrogens with one attached hydrogen (secondary N) is 3. The fourth-order valence-corrected chi connectivity index (χ4v) is 2.94. The van der Waals surface area contributed by atoms with Crippen LogP contribution in [0, 0.1) is 0 Å². The maximum Gasteiger partial charge on any atom is 0.321 e. The van der Waals surface area contributed by atoms with Gasteiger partial charge in [0.1, 0.15) is 0 Å². The number of carbonyl (C=O) groups is 2. The first-order valence-corrected chi connectivity index (χ1v) is 8.02. The Labute approximate surface area is 135 Å². The van der Waals surface area contributed by atoms with E-state index in [9.17, 15) is 9.59 Å². The number of benzene rings is 1. The molecule has 1 aromatic rings. The zero-order valence-corrected chi connectivity index (χ0v) is 13.5. The Balaban J connectivity index is 1.73. The van der Waals surface area contributed by atoms with E-state index < -0.39 is 6.03 Å². The van der Waals surface area contributed by atoms with Crippen LogP contribution in [0.5, 0.6) is 0 Å². The van der Waals surface area contributed by atoms with Gasteiger partial charge in [0.15, 0.2) is 0 Å². The van der Waals surface area contributed by atoms with E-state index in [1.54, 1.807) is 0 Å². The minimum Gasteiger partial charge on any atom is -0.335 e.